The zero-order valence-electron chi connectivity index (χ0n) is 21.0. The van der Waals surface area contributed by atoms with Crippen LogP contribution in [0.2, 0.25) is 0 Å². The molecule has 9 heteroatoms. The van der Waals surface area contributed by atoms with Crippen molar-refractivity contribution in [3.05, 3.63) is 54.6 Å². The van der Waals surface area contributed by atoms with Gasteiger partial charge in [-0.3, -0.25) is 4.79 Å². The van der Waals surface area contributed by atoms with E-state index in [0.29, 0.717) is 50.0 Å². The Morgan fingerprint density at radius 3 is 2.14 bits per heavy atom. The minimum absolute atomic E-state index is 0.00599. The molecule has 1 aliphatic heterocycles. The molecule has 0 radical (unpaired) electrons. The highest BCUT2D eigenvalue weighted by Crippen LogP contribution is 2.32. The summed E-state index contributed by atoms with van der Waals surface area (Å²) in [5.74, 6) is 3.61. The average molecular weight is 493 g/mol. The smallest absolute Gasteiger partial charge is 0.260 e. The SMILES string of the molecule is CCCOc1ccc(OCC(=O)N2CCN(c3ccc(-c4cc(OC)ccc4OC)nn3)CC2)cc1. The maximum Gasteiger partial charge on any atom is 0.260 e. The van der Waals surface area contributed by atoms with E-state index in [0.717, 1.165) is 29.3 Å². The normalized spacial score (nSPS) is 13.3. The number of hydrogen-bond acceptors (Lipinski definition) is 8. The molecule has 0 unspecified atom stereocenters. The molecule has 2 heterocycles. The van der Waals surface area contributed by atoms with Crippen LogP contribution in [0.1, 0.15) is 13.3 Å². The van der Waals surface area contributed by atoms with Crippen LogP contribution in [0.15, 0.2) is 54.6 Å². The van der Waals surface area contributed by atoms with Gasteiger partial charge in [0.25, 0.3) is 5.91 Å². The second-order valence-electron chi connectivity index (χ2n) is 8.32. The molecule has 1 amide bonds. The zero-order valence-corrected chi connectivity index (χ0v) is 21.0. The van der Waals surface area contributed by atoms with Gasteiger partial charge in [0.05, 0.1) is 26.5 Å². The quantitative estimate of drug-likeness (QED) is 0.424. The molecule has 1 fully saturated rings. The van der Waals surface area contributed by atoms with E-state index in [1.165, 1.54) is 0 Å². The summed E-state index contributed by atoms with van der Waals surface area (Å²) in [4.78, 5) is 16.6. The Kier molecular flexibility index (Phi) is 8.44. The summed E-state index contributed by atoms with van der Waals surface area (Å²) in [6.07, 6.45) is 0.955. The third-order valence-electron chi connectivity index (χ3n) is 5.95. The first-order valence-corrected chi connectivity index (χ1v) is 12.1. The van der Waals surface area contributed by atoms with Crippen LogP contribution in [-0.2, 0) is 4.79 Å². The van der Waals surface area contributed by atoms with Gasteiger partial charge in [-0.05, 0) is 61.0 Å². The minimum Gasteiger partial charge on any atom is -0.497 e. The maximum absolute atomic E-state index is 12.6. The lowest BCUT2D eigenvalue weighted by molar-refractivity contribution is -0.133. The minimum atomic E-state index is -0.0347. The van der Waals surface area contributed by atoms with Crippen LogP contribution in [0.5, 0.6) is 23.0 Å². The van der Waals surface area contributed by atoms with Crippen molar-refractivity contribution < 1.29 is 23.7 Å². The summed E-state index contributed by atoms with van der Waals surface area (Å²) in [6.45, 7) is 5.28. The lowest BCUT2D eigenvalue weighted by atomic mass is 10.1. The molecule has 4 rings (SSSR count). The number of amides is 1. The molecule has 36 heavy (non-hydrogen) atoms. The first-order valence-electron chi connectivity index (χ1n) is 12.1. The Balaban J connectivity index is 1.28. The molecule has 0 saturated carbocycles. The second-order valence-corrected chi connectivity index (χ2v) is 8.32. The first kappa shape index (κ1) is 25.1. The van der Waals surface area contributed by atoms with E-state index in [1.807, 2.05) is 59.5 Å². The van der Waals surface area contributed by atoms with Crippen molar-refractivity contribution in [1.29, 1.82) is 0 Å². The van der Waals surface area contributed by atoms with Crippen LogP contribution >= 0.6 is 0 Å². The second kappa shape index (κ2) is 12.1. The highest BCUT2D eigenvalue weighted by atomic mass is 16.5. The van der Waals surface area contributed by atoms with Crippen LogP contribution in [-0.4, -0.2) is 74.6 Å². The zero-order chi connectivity index (χ0) is 25.3. The largest absolute Gasteiger partial charge is 0.497 e. The maximum atomic E-state index is 12.6. The number of hydrogen-bond donors (Lipinski definition) is 0. The molecular formula is C27H32N4O5. The van der Waals surface area contributed by atoms with Crippen LogP contribution in [0.4, 0.5) is 5.82 Å². The standard InChI is InChI=1S/C27H32N4O5/c1-4-17-35-20-5-7-21(8-6-20)36-19-27(32)31-15-13-30(14-16-31)26-12-10-24(28-29-26)23-18-22(33-2)9-11-25(23)34-3/h5-12,18H,4,13-17,19H2,1-3H3. The highest BCUT2D eigenvalue weighted by molar-refractivity contribution is 5.78. The van der Waals surface area contributed by atoms with Gasteiger partial charge in [-0.25, -0.2) is 0 Å². The van der Waals surface area contributed by atoms with E-state index < -0.39 is 0 Å². The molecule has 0 aliphatic carbocycles. The fraction of sp³-hybridized carbons (Fsp3) is 0.370. The van der Waals surface area contributed by atoms with Crippen LogP contribution < -0.4 is 23.8 Å². The van der Waals surface area contributed by atoms with Crippen molar-refractivity contribution in [1.82, 2.24) is 15.1 Å². The van der Waals surface area contributed by atoms with Crippen molar-refractivity contribution in [2.75, 3.05) is 58.5 Å². The predicted molar refractivity (Wildman–Crippen MR) is 137 cm³/mol. The number of carbonyl (C=O) groups is 1. The summed E-state index contributed by atoms with van der Waals surface area (Å²) in [7, 11) is 3.25. The average Bonchev–Trinajstić information content (AvgIpc) is 2.95. The van der Waals surface area contributed by atoms with Gasteiger partial charge in [0.1, 0.15) is 23.0 Å². The molecule has 2 aromatic carbocycles. The number of nitrogens with zero attached hydrogens (tertiary/aromatic N) is 4. The molecule has 1 saturated heterocycles. The Hall–Kier alpha value is -4.01. The van der Waals surface area contributed by atoms with Crippen molar-refractivity contribution in [3.63, 3.8) is 0 Å². The Morgan fingerprint density at radius 1 is 0.833 bits per heavy atom. The van der Waals surface area contributed by atoms with E-state index in [-0.39, 0.29) is 12.5 Å². The monoisotopic (exact) mass is 492 g/mol. The summed E-state index contributed by atoms with van der Waals surface area (Å²) in [6, 6.07) is 16.8. The van der Waals surface area contributed by atoms with Gasteiger partial charge in [-0.2, -0.15) is 0 Å². The van der Waals surface area contributed by atoms with Crippen molar-refractivity contribution in [2.24, 2.45) is 0 Å². The third kappa shape index (κ3) is 6.16. The topological polar surface area (TPSA) is 86.3 Å². The van der Waals surface area contributed by atoms with Gasteiger partial charge in [0.2, 0.25) is 0 Å². The lowest BCUT2D eigenvalue weighted by Gasteiger charge is -2.35. The van der Waals surface area contributed by atoms with Crippen molar-refractivity contribution >= 4 is 11.7 Å². The molecule has 1 aliphatic rings. The number of aromatic nitrogens is 2. The number of carbonyl (C=O) groups excluding carboxylic acids is 1. The Morgan fingerprint density at radius 2 is 1.53 bits per heavy atom. The highest BCUT2D eigenvalue weighted by Gasteiger charge is 2.23. The predicted octanol–water partition coefficient (Wildman–Crippen LogP) is 3.68. The van der Waals surface area contributed by atoms with Gasteiger partial charge in [0.15, 0.2) is 12.4 Å². The molecular weight excluding hydrogens is 460 g/mol. The van der Waals surface area contributed by atoms with E-state index in [1.54, 1.807) is 14.2 Å². The molecule has 0 N–H and O–H groups in total. The number of methoxy groups -OCH3 is 2. The van der Waals surface area contributed by atoms with E-state index >= 15 is 0 Å². The fourth-order valence-electron chi connectivity index (χ4n) is 3.93. The van der Waals surface area contributed by atoms with E-state index in [9.17, 15) is 4.79 Å². The van der Waals surface area contributed by atoms with Crippen LogP contribution in [0.25, 0.3) is 11.3 Å². The van der Waals surface area contributed by atoms with Gasteiger partial charge >= 0.3 is 0 Å². The van der Waals surface area contributed by atoms with Gasteiger partial charge in [0, 0.05) is 31.7 Å². The molecule has 0 bridgehead atoms. The number of ether oxygens (including phenoxy) is 4. The summed E-state index contributed by atoms with van der Waals surface area (Å²) >= 11 is 0. The van der Waals surface area contributed by atoms with Gasteiger partial charge in [-0.1, -0.05) is 6.92 Å². The summed E-state index contributed by atoms with van der Waals surface area (Å²) < 4.78 is 22.0. The van der Waals surface area contributed by atoms with Crippen molar-refractivity contribution in [2.45, 2.75) is 13.3 Å². The van der Waals surface area contributed by atoms with E-state index in [2.05, 4.69) is 22.0 Å². The molecule has 3 aromatic rings. The molecule has 0 atom stereocenters. The number of anilines is 1. The first-order chi connectivity index (χ1) is 17.6. The molecule has 0 spiro atoms. The number of benzene rings is 2. The Bertz CT molecular complexity index is 1130. The lowest BCUT2D eigenvalue weighted by Crippen LogP contribution is -2.50. The number of rotatable bonds is 10. The molecule has 1 aromatic heterocycles. The van der Waals surface area contributed by atoms with Gasteiger partial charge in [-0.15, -0.1) is 10.2 Å². The van der Waals surface area contributed by atoms with Crippen LogP contribution in [0, 0.1) is 0 Å². The van der Waals surface area contributed by atoms with Crippen molar-refractivity contribution in [3.8, 4) is 34.3 Å². The summed E-state index contributed by atoms with van der Waals surface area (Å²) in [5, 5.41) is 8.83. The third-order valence-corrected chi connectivity index (χ3v) is 5.95. The molecule has 9 nitrogen and oxygen atoms in total. The van der Waals surface area contributed by atoms with E-state index in [4.69, 9.17) is 18.9 Å². The Labute approximate surface area is 211 Å². The fourth-order valence-corrected chi connectivity index (χ4v) is 3.93. The van der Waals surface area contributed by atoms with Gasteiger partial charge < -0.3 is 28.7 Å². The number of piperazine rings is 1. The summed E-state index contributed by atoms with van der Waals surface area (Å²) in [5.41, 5.74) is 1.51. The van der Waals surface area contributed by atoms with Crippen LogP contribution in [0.3, 0.4) is 0 Å². The molecule has 190 valence electrons.